The largest absolute Gasteiger partial charge is 0.507 e. The Morgan fingerprint density at radius 2 is 2.04 bits per heavy atom. The number of carbonyl (C=O) groups is 1. The first-order valence-electron chi connectivity index (χ1n) is 7.52. The highest BCUT2D eigenvalue weighted by atomic mass is 16.3. The predicted octanol–water partition coefficient (Wildman–Crippen LogP) is 4.19. The van der Waals surface area contributed by atoms with Crippen LogP contribution in [0.4, 0.5) is 5.69 Å². The van der Waals surface area contributed by atoms with E-state index in [1.807, 2.05) is 38.1 Å². The molecule has 1 amide bonds. The minimum atomic E-state index is -0.0609. The molecule has 0 unspecified atom stereocenters. The Labute approximate surface area is 134 Å². The molecule has 5 nitrogen and oxygen atoms in total. The van der Waals surface area contributed by atoms with Crippen LogP contribution >= 0.6 is 0 Å². The van der Waals surface area contributed by atoms with Crippen molar-refractivity contribution in [3.05, 3.63) is 42.5 Å². The van der Waals surface area contributed by atoms with E-state index >= 15 is 0 Å². The van der Waals surface area contributed by atoms with Gasteiger partial charge in [-0.3, -0.25) is 4.79 Å². The first-order chi connectivity index (χ1) is 11.0. The van der Waals surface area contributed by atoms with E-state index in [9.17, 15) is 9.90 Å². The average Bonchev–Trinajstić information content (AvgIpc) is 2.92. The molecular formula is C18H18N2O3. The number of phenolic OH excluding ortho intramolecular Hbond substituents is 1. The van der Waals surface area contributed by atoms with Crippen LogP contribution in [0.25, 0.3) is 22.6 Å². The lowest BCUT2D eigenvalue weighted by atomic mass is 10.1. The monoisotopic (exact) mass is 310 g/mol. The van der Waals surface area contributed by atoms with Gasteiger partial charge in [0, 0.05) is 12.1 Å². The molecule has 0 fully saturated rings. The maximum atomic E-state index is 11.9. The summed E-state index contributed by atoms with van der Waals surface area (Å²) in [6.45, 7) is 3.97. The van der Waals surface area contributed by atoms with E-state index in [2.05, 4.69) is 10.3 Å². The van der Waals surface area contributed by atoms with Gasteiger partial charge in [-0.1, -0.05) is 26.0 Å². The number of nitrogens with zero attached hydrogens (tertiary/aromatic N) is 1. The maximum Gasteiger partial charge on any atom is 0.231 e. The molecule has 2 N–H and O–H groups in total. The Hall–Kier alpha value is -2.82. The summed E-state index contributed by atoms with van der Waals surface area (Å²) in [5, 5.41) is 12.9. The lowest BCUT2D eigenvalue weighted by Crippen LogP contribution is -2.13. The van der Waals surface area contributed by atoms with E-state index in [0.717, 1.165) is 5.52 Å². The van der Waals surface area contributed by atoms with Crippen LogP contribution in [0.2, 0.25) is 0 Å². The van der Waals surface area contributed by atoms with Crippen molar-refractivity contribution in [3.63, 3.8) is 0 Å². The van der Waals surface area contributed by atoms with Gasteiger partial charge >= 0.3 is 0 Å². The van der Waals surface area contributed by atoms with E-state index in [1.54, 1.807) is 12.1 Å². The molecule has 0 bridgehead atoms. The molecule has 0 aliphatic rings. The number of nitrogens with one attached hydrogen (secondary N) is 1. The number of hydrogen-bond acceptors (Lipinski definition) is 4. The molecule has 0 aliphatic heterocycles. The number of carbonyl (C=O) groups excluding carboxylic acids is 1. The summed E-state index contributed by atoms with van der Waals surface area (Å²) < 4.78 is 5.68. The third-order valence-corrected chi connectivity index (χ3v) is 3.40. The lowest BCUT2D eigenvalue weighted by molar-refractivity contribution is -0.116. The Bertz CT molecular complexity index is 819. The number of rotatable bonds is 4. The van der Waals surface area contributed by atoms with E-state index < -0.39 is 0 Å². The molecule has 118 valence electrons. The number of benzene rings is 2. The van der Waals surface area contributed by atoms with Gasteiger partial charge in [-0.2, -0.15) is 0 Å². The third-order valence-electron chi connectivity index (χ3n) is 3.40. The van der Waals surface area contributed by atoms with E-state index in [1.165, 1.54) is 6.07 Å². The molecule has 0 radical (unpaired) electrons. The number of anilines is 1. The van der Waals surface area contributed by atoms with Crippen molar-refractivity contribution in [2.75, 3.05) is 5.32 Å². The molecule has 0 atom stereocenters. The zero-order valence-electron chi connectivity index (χ0n) is 13.0. The number of fused-ring (bicyclic) bond motifs is 1. The van der Waals surface area contributed by atoms with Crippen molar-refractivity contribution in [2.45, 2.75) is 20.3 Å². The Balaban J connectivity index is 1.92. The van der Waals surface area contributed by atoms with Gasteiger partial charge in [0.1, 0.15) is 11.3 Å². The van der Waals surface area contributed by atoms with E-state index in [4.69, 9.17) is 4.42 Å². The number of oxazole rings is 1. The van der Waals surface area contributed by atoms with Crippen LogP contribution < -0.4 is 5.32 Å². The molecule has 0 spiro atoms. The van der Waals surface area contributed by atoms with E-state index in [0.29, 0.717) is 29.1 Å². The molecule has 2 aromatic carbocycles. The number of amides is 1. The fourth-order valence-corrected chi connectivity index (χ4v) is 2.36. The van der Waals surface area contributed by atoms with E-state index in [-0.39, 0.29) is 17.6 Å². The average molecular weight is 310 g/mol. The zero-order chi connectivity index (χ0) is 16.4. The molecule has 0 saturated heterocycles. The summed E-state index contributed by atoms with van der Waals surface area (Å²) in [4.78, 5) is 16.3. The van der Waals surface area contributed by atoms with Crippen LogP contribution in [-0.2, 0) is 4.79 Å². The first kappa shape index (κ1) is 15.1. The Kier molecular flexibility index (Phi) is 4.02. The van der Waals surface area contributed by atoms with Gasteiger partial charge in [0.05, 0.1) is 5.56 Å². The second-order valence-corrected chi connectivity index (χ2v) is 5.86. The Morgan fingerprint density at radius 1 is 1.26 bits per heavy atom. The van der Waals surface area contributed by atoms with Gasteiger partial charge in [-0.05, 0) is 36.2 Å². The summed E-state index contributed by atoms with van der Waals surface area (Å²) in [5.74, 6) is 0.597. The fraction of sp³-hybridized carbons (Fsp3) is 0.222. The summed E-state index contributed by atoms with van der Waals surface area (Å²) in [7, 11) is 0. The van der Waals surface area contributed by atoms with Crippen LogP contribution in [0.15, 0.2) is 46.9 Å². The van der Waals surface area contributed by atoms with Crippen molar-refractivity contribution >= 4 is 22.7 Å². The number of aromatic nitrogens is 1. The Morgan fingerprint density at radius 3 is 2.78 bits per heavy atom. The van der Waals surface area contributed by atoms with Crippen LogP contribution in [0.1, 0.15) is 20.3 Å². The molecule has 0 aliphatic carbocycles. The van der Waals surface area contributed by atoms with Gasteiger partial charge < -0.3 is 14.8 Å². The van der Waals surface area contributed by atoms with Gasteiger partial charge in [0.25, 0.3) is 0 Å². The highest BCUT2D eigenvalue weighted by Crippen LogP contribution is 2.33. The van der Waals surface area contributed by atoms with Crippen LogP contribution in [0.5, 0.6) is 5.75 Å². The molecule has 23 heavy (non-hydrogen) atoms. The summed E-state index contributed by atoms with van der Waals surface area (Å²) >= 11 is 0. The third kappa shape index (κ3) is 3.34. The van der Waals surface area contributed by atoms with Crippen LogP contribution in [0, 0.1) is 5.92 Å². The highest BCUT2D eigenvalue weighted by Gasteiger charge is 2.14. The maximum absolute atomic E-state index is 11.9. The summed E-state index contributed by atoms with van der Waals surface area (Å²) in [6, 6.07) is 12.2. The summed E-state index contributed by atoms with van der Waals surface area (Å²) in [5.41, 5.74) is 2.42. The van der Waals surface area contributed by atoms with Gasteiger partial charge in [0.2, 0.25) is 11.8 Å². The quantitative estimate of drug-likeness (QED) is 0.709. The smallest absolute Gasteiger partial charge is 0.231 e. The predicted molar refractivity (Wildman–Crippen MR) is 89.2 cm³/mol. The van der Waals surface area contributed by atoms with Crippen LogP contribution in [-0.4, -0.2) is 16.0 Å². The van der Waals surface area contributed by atoms with Crippen molar-refractivity contribution in [2.24, 2.45) is 5.92 Å². The minimum Gasteiger partial charge on any atom is -0.507 e. The normalized spacial score (nSPS) is 11.1. The SMILES string of the molecule is CC(C)CC(=O)Nc1ccc(O)c(-c2nc3ccccc3o2)c1. The highest BCUT2D eigenvalue weighted by molar-refractivity contribution is 5.92. The molecule has 3 rings (SSSR count). The van der Waals surface area contributed by atoms with Crippen molar-refractivity contribution in [1.29, 1.82) is 0 Å². The summed E-state index contributed by atoms with van der Waals surface area (Å²) in [6.07, 6.45) is 0.444. The zero-order valence-corrected chi connectivity index (χ0v) is 13.0. The standard InChI is InChI=1S/C18H18N2O3/c1-11(2)9-17(22)19-12-7-8-15(21)13(10-12)18-20-14-5-3-4-6-16(14)23-18/h3-8,10-11,21H,9H2,1-2H3,(H,19,22). The van der Waals surface area contributed by atoms with Crippen LogP contribution in [0.3, 0.4) is 0 Å². The second kappa shape index (κ2) is 6.12. The molecule has 1 aromatic heterocycles. The van der Waals surface area contributed by atoms with Crippen molar-refractivity contribution in [1.82, 2.24) is 4.98 Å². The number of hydrogen-bond donors (Lipinski definition) is 2. The molecular weight excluding hydrogens is 292 g/mol. The van der Waals surface area contributed by atoms with Crippen molar-refractivity contribution < 1.29 is 14.3 Å². The first-order valence-corrected chi connectivity index (χ1v) is 7.52. The molecule has 1 heterocycles. The van der Waals surface area contributed by atoms with Gasteiger partial charge in [-0.25, -0.2) is 4.98 Å². The number of aromatic hydroxyl groups is 1. The second-order valence-electron chi connectivity index (χ2n) is 5.86. The molecule has 0 saturated carbocycles. The molecule has 5 heteroatoms. The minimum absolute atomic E-state index is 0.0541. The topological polar surface area (TPSA) is 75.4 Å². The van der Waals surface area contributed by atoms with Gasteiger partial charge in [0.15, 0.2) is 5.58 Å². The van der Waals surface area contributed by atoms with Crippen molar-refractivity contribution in [3.8, 4) is 17.2 Å². The molecule has 3 aromatic rings. The lowest BCUT2D eigenvalue weighted by Gasteiger charge is -2.09. The number of para-hydroxylation sites is 2. The fourth-order valence-electron chi connectivity index (χ4n) is 2.36. The number of phenols is 1. The van der Waals surface area contributed by atoms with Gasteiger partial charge in [-0.15, -0.1) is 0 Å².